The summed E-state index contributed by atoms with van der Waals surface area (Å²) in [5.74, 6) is 0.129. The molecule has 1 aromatic carbocycles. The van der Waals surface area contributed by atoms with Gasteiger partial charge in [-0.25, -0.2) is 0 Å². The fraction of sp³-hybridized carbons (Fsp3) is 0.417. The van der Waals surface area contributed by atoms with Gasteiger partial charge in [-0.15, -0.1) is 0 Å². The molecule has 0 spiro atoms. The van der Waals surface area contributed by atoms with Crippen molar-refractivity contribution < 1.29 is 4.79 Å². The predicted octanol–water partition coefficient (Wildman–Crippen LogP) is 1.01. The van der Waals surface area contributed by atoms with Crippen molar-refractivity contribution in [2.45, 2.75) is 19.5 Å². The van der Waals surface area contributed by atoms with Crippen LogP contribution in [0.15, 0.2) is 30.3 Å². The van der Waals surface area contributed by atoms with Gasteiger partial charge in [0.2, 0.25) is 5.91 Å². The number of amides is 1. The van der Waals surface area contributed by atoms with Crippen molar-refractivity contribution >= 4 is 5.91 Å². The Balaban J connectivity index is 2.01. The van der Waals surface area contributed by atoms with E-state index >= 15 is 0 Å². The molecule has 1 fully saturated rings. The smallest absolute Gasteiger partial charge is 0.234 e. The minimum absolute atomic E-state index is 0.129. The Bertz CT molecular complexity index is 337. The van der Waals surface area contributed by atoms with Crippen LogP contribution < -0.4 is 5.32 Å². The third-order valence-corrected chi connectivity index (χ3v) is 2.79. The molecule has 3 nitrogen and oxygen atoms in total. The second-order valence-corrected chi connectivity index (χ2v) is 4.04. The monoisotopic (exact) mass is 204 g/mol. The van der Waals surface area contributed by atoms with Gasteiger partial charge < -0.3 is 5.32 Å². The number of piperazine rings is 1. The summed E-state index contributed by atoms with van der Waals surface area (Å²) in [7, 11) is 0. The van der Waals surface area contributed by atoms with Crippen LogP contribution in [-0.4, -0.2) is 29.9 Å². The summed E-state index contributed by atoms with van der Waals surface area (Å²) in [4.78, 5) is 13.5. The van der Waals surface area contributed by atoms with Gasteiger partial charge in [0, 0.05) is 19.1 Å². The molecule has 1 aromatic rings. The Morgan fingerprint density at radius 2 is 2.13 bits per heavy atom. The second-order valence-electron chi connectivity index (χ2n) is 4.04. The van der Waals surface area contributed by atoms with Crippen molar-refractivity contribution in [2.75, 3.05) is 13.1 Å². The van der Waals surface area contributed by atoms with Crippen LogP contribution in [0.5, 0.6) is 0 Å². The first-order chi connectivity index (χ1) is 7.25. The molecular formula is C12H16N2O. The number of nitrogens with one attached hydrogen (secondary N) is 1. The largest absolute Gasteiger partial charge is 0.353 e. The van der Waals surface area contributed by atoms with Gasteiger partial charge in [-0.05, 0) is 12.5 Å². The second kappa shape index (κ2) is 4.45. The van der Waals surface area contributed by atoms with Crippen LogP contribution in [0.3, 0.4) is 0 Å². The molecule has 0 bridgehead atoms. The van der Waals surface area contributed by atoms with Crippen LogP contribution in [0.4, 0.5) is 0 Å². The Morgan fingerprint density at radius 1 is 1.40 bits per heavy atom. The summed E-state index contributed by atoms with van der Waals surface area (Å²) >= 11 is 0. The Morgan fingerprint density at radius 3 is 2.87 bits per heavy atom. The van der Waals surface area contributed by atoms with Crippen molar-refractivity contribution in [1.82, 2.24) is 10.2 Å². The zero-order valence-electron chi connectivity index (χ0n) is 8.94. The van der Waals surface area contributed by atoms with E-state index < -0.39 is 0 Å². The molecule has 0 radical (unpaired) electrons. The maximum atomic E-state index is 11.3. The first-order valence-corrected chi connectivity index (χ1v) is 5.30. The number of rotatable bonds is 2. The van der Waals surface area contributed by atoms with Gasteiger partial charge in [0.15, 0.2) is 0 Å². The Kier molecular flexibility index (Phi) is 3.02. The zero-order chi connectivity index (χ0) is 10.7. The van der Waals surface area contributed by atoms with Crippen molar-refractivity contribution in [1.29, 1.82) is 0 Å². The van der Waals surface area contributed by atoms with Gasteiger partial charge >= 0.3 is 0 Å². The van der Waals surface area contributed by atoms with Crippen LogP contribution in [0.25, 0.3) is 0 Å². The first kappa shape index (κ1) is 10.2. The molecule has 2 rings (SSSR count). The van der Waals surface area contributed by atoms with Crippen LogP contribution >= 0.6 is 0 Å². The number of nitrogens with zero attached hydrogens (tertiary/aromatic N) is 1. The van der Waals surface area contributed by atoms with Crippen molar-refractivity contribution in [3.05, 3.63) is 35.9 Å². The van der Waals surface area contributed by atoms with Gasteiger partial charge in [-0.2, -0.15) is 0 Å². The topological polar surface area (TPSA) is 32.3 Å². The molecule has 15 heavy (non-hydrogen) atoms. The summed E-state index contributed by atoms with van der Waals surface area (Å²) in [5.41, 5.74) is 1.26. The van der Waals surface area contributed by atoms with Crippen molar-refractivity contribution in [3.8, 4) is 0 Å². The lowest BCUT2D eigenvalue weighted by molar-refractivity contribution is -0.125. The van der Waals surface area contributed by atoms with Gasteiger partial charge in [-0.3, -0.25) is 9.69 Å². The molecule has 1 aliphatic heterocycles. The molecule has 1 amide bonds. The van der Waals surface area contributed by atoms with E-state index in [-0.39, 0.29) is 5.91 Å². The van der Waals surface area contributed by atoms with Crippen LogP contribution in [0, 0.1) is 0 Å². The van der Waals surface area contributed by atoms with E-state index in [1.54, 1.807) is 0 Å². The zero-order valence-corrected chi connectivity index (χ0v) is 8.94. The summed E-state index contributed by atoms with van der Waals surface area (Å²) < 4.78 is 0. The number of carbonyl (C=O) groups excluding carboxylic acids is 1. The van der Waals surface area contributed by atoms with Crippen LogP contribution in [0.1, 0.15) is 12.5 Å². The van der Waals surface area contributed by atoms with E-state index in [0.717, 1.165) is 13.1 Å². The molecule has 1 unspecified atom stereocenters. The molecule has 1 heterocycles. The van der Waals surface area contributed by atoms with Gasteiger partial charge in [0.05, 0.1) is 6.54 Å². The van der Waals surface area contributed by atoms with Crippen LogP contribution in [0.2, 0.25) is 0 Å². The molecule has 1 aliphatic rings. The first-order valence-electron chi connectivity index (χ1n) is 5.30. The van der Waals surface area contributed by atoms with Gasteiger partial charge in [0.1, 0.15) is 0 Å². The average Bonchev–Trinajstić information content (AvgIpc) is 2.25. The maximum Gasteiger partial charge on any atom is 0.234 e. The third-order valence-electron chi connectivity index (χ3n) is 2.79. The van der Waals surface area contributed by atoms with E-state index in [4.69, 9.17) is 0 Å². The summed E-state index contributed by atoms with van der Waals surface area (Å²) in [5, 5.41) is 2.87. The summed E-state index contributed by atoms with van der Waals surface area (Å²) in [6, 6.07) is 10.7. The minimum atomic E-state index is 0.129. The molecule has 0 aromatic heterocycles. The van der Waals surface area contributed by atoms with Crippen molar-refractivity contribution in [3.63, 3.8) is 0 Å². The lowest BCUT2D eigenvalue weighted by Crippen LogP contribution is -2.52. The number of hydrogen-bond donors (Lipinski definition) is 1. The number of benzene rings is 1. The highest BCUT2D eigenvalue weighted by Crippen LogP contribution is 2.09. The maximum absolute atomic E-state index is 11.3. The lowest BCUT2D eigenvalue weighted by atomic mass is 10.1. The average molecular weight is 204 g/mol. The van der Waals surface area contributed by atoms with E-state index in [0.29, 0.717) is 12.6 Å². The van der Waals surface area contributed by atoms with E-state index in [1.165, 1.54) is 5.56 Å². The lowest BCUT2D eigenvalue weighted by Gasteiger charge is -2.33. The predicted molar refractivity (Wildman–Crippen MR) is 59.3 cm³/mol. The highest BCUT2D eigenvalue weighted by Gasteiger charge is 2.22. The quantitative estimate of drug-likeness (QED) is 0.779. The number of carbonyl (C=O) groups is 1. The van der Waals surface area contributed by atoms with Gasteiger partial charge in [-0.1, -0.05) is 30.3 Å². The fourth-order valence-corrected chi connectivity index (χ4v) is 1.82. The van der Waals surface area contributed by atoms with Gasteiger partial charge in [0.25, 0.3) is 0 Å². The molecule has 80 valence electrons. The SMILES string of the molecule is CC1CNC(=O)CN1Cc1ccccc1. The highest BCUT2D eigenvalue weighted by atomic mass is 16.2. The summed E-state index contributed by atoms with van der Waals surface area (Å²) in [6.45, 7) is 4.26. The molecule has 1 saturated heterocycles. The molecule has 0 saturated carbocycles. The third kappa shape index (κ3) is 2.57. The normalized spacial score (nSPS) is 22.5. The molecule has 1 atom stereocenters. The van der Waals surface area contributed by atoms with E-state index in [9.17, 15) is 4.79 Å². The molecule has 1 N–H and O–H groups in total. The fourth-order valence-electron chi connectivity index (χ4n) is 1.82. The standard InChI is InChI=1S/C12H16N2O/c1-10-7-13-12(15)9-14(10)8-11-5-3-2-4-6-11/h2-6,10H,7-9H2,1H3,(H,13,15). The summed E-state index contributed by atoms with van der Waals surface area (Å²) in [6.07, 6.45) is 0. The number of hydrogen-bond acceptors (Lipinski definition) is 2. The Labute approximate surface area is 90.1 Å². The van der Waals surface area contributed by atoms with E-state index in [1.807, 2.05) is 18.2 Å². The molecule has 0 aliphatic carbocycles. The highest BCUT2D eigenvalue weighted by molar-refractivity contribution is 5.78. The van der Waals surface area contributed by atoms with E-state index in [2.05, 4.69) is 29.3 Å². The minimum Gasteiger partial charge on any atom is -0.353 e. The van der Waals surface area contributed by atoms with Crippen LogP contribution in [-0.2, 0) is 11.3 Å². The molecular weight excluding hydrogens is 188 g/mol. The van der Waals surface area contributed by atoms with Crippen molar-refractivity contribution in [2.24, 2.45) is 0 Å². The Hall–Kier alpha value is -1.35. The molecule has 3 heteroatoms.